The molecule has 0 saturated carbocycles. The minimum absolute atomic E-state index is 0.197. The number of H-pyrrole nitrogens is 2. The molecule has 2 aromatic rings. The molecule has 7 heteroatoms. The Balaban J connectivity index is 2.11. The summed E-state index contributed by atoms with van der Waals surface area (Å²) in [4.78, 5) is 23.9. The van der Waals surface area contributed by atoms with Crippen molar-refractivity contribution in [2.24, 2.45) is 5.10 Å². The number of amides is 1. The van der Waals surface area contributed by atoms with Crippen LogP contribution in [0.25, 0.3) is 0 Å². The lowest BCUT2D eigenvalue weighted by atomic mass is 10.3. The molecule has 18 heavy (non-hydrogen) atoms. The van der Waals surface area contributed by atoms with Gasteiger partial charge in [-0.1, -0.05) is 6.07 Å². The predicted molar refractivity (Wildman–Crippen MR) is 70.1 cm³/mol. The van der Waals surface area contributed by atoms with Gasteiger partial charge in [0.05, 0.1) is 5.71 Å². The first-order valence-corrected chi connectivity index (χ1v) is 6.13. The standard InChI is InChI=1S/C11H12N4O2S/c1-6-9(13-14-10(6)16)11(17)15-12-7(2)8-4-3-5-18-8/h3-5H,1-2H3,(H,15,17)(H2,13,14,16)/b12-7+. The highest BCUT2D eigenvalue weighted by Crippen LogP contribution is 2.09. The van der Waals surface area contributed by atoms with E-state index in [0.29, 0.717) is 11.3 Å². The van der Waals surface area contributed by atoms with E-state index in [1.165, 1.54) is 11.3 Å². The van der Waals surface area contributed by atoms with E-state index in [-0.39, 0.29) is 11.3 Å². The van der Waals surface area contributed by atoms with E-state index in [1.807, 2.05) is 17.5 Å². The van der Waals surface area contributed by atoms with Crippen LogP contribution in [0.2, 0.25) is 0 Å². The van der Waals surface area contributed by atoms with Gasteiger partial charge >= 0.3 is 0 Å². The van der Waals surface area contributed by atoms with Crippen LogP contribution in [0.5, 0.6) is 0 Å². The molecule has 0 unspecified atom stereocenters. The third-order valence-electron chi connectivity index (χ3n) is 2.45. The van der Waals surface area contributed by atoms with Crippen molar-refractivity contribution in [3.05, 3.63) is 44.0 Å². The molecule has 94 valence electrons. The van der Waals surface area contributed by atoms with Crippen molar-refractivity contribution in [3.63, 3.8) is 0 Å². The zero-order chi connectivity index (χ0) is 13.1. The fourth-order valence-corrected chi connectivity index (χ4v) is 2.05. The fraction of sp³-hybridized carbons (Fsp3) is 0.182. The second kappa shape index (κ2) is 5.01. The Morgan fingerprint density at radius 1 is 1.44 bits per heavy atom. The van der Waals surface area contributed by atoms with Crippen LogP contribution in [0.3, 0.4) is 0 Å². The average molecular weight is 264 g/mol. The Kier molecular flexibility index (Phi) is 3.42. The van der Waals surface area contributed by atoms with E-state index >= 15 is 0 Å². The van der Waals surface area contributed by atoms with Crippen LogP contribution < -0.4 is 11.0 Å². The third kappa shape index (κ3) is 2.40. The van der Waals surface area contributed by atoms with E-state index in [0.717, 1.165) is 4.88 Å². The van der Waals surface area contributed by atoms with Gasteiger partial charge < -0.3 is 0 Å². The molecule has 0 aromatic carbocycles. The number of aromatic amines is 2. The predicted octanol–water partition coefficient (Wildman–Crippen LogP) is 1.23. The van der Waals surface area contributed by atoms with E-state index in [4.69, 9.17) is 0 Å². The van der Waals surface area contributed by atoms with E-state index in [2.05, 4.69) is 20.7 Å². The molecule has 2 rings (SSSR count). The van der Waals surface area contributed by atoms with Crippen molar-refractivity contribution in [1.82, 2.24) is 15.6 Å². The Morgan fingerprint density at radius 3 is 2.78 bits per heavy atom. The molecule has 0 aliphatic heterocycles. The maximum absolute atomic E-state index is 11.7. The zero-order valence-electron chi connectivity index (χ0n) is 9.90. The summed E-state index contributed by atoms with van der Waals surface area (Å²) in [6.45, 7) is 3.37. The first kappa shape index (κ1) is 12.3. The molecule has 0 saturated heterocycles. The summed E-state index contributed by atoms with van der Waals surface area (Å²) in [6.07, 6.45) is 0. The lowest BCUT2D eigenvalue weighted by molar-refractivity contribution is 0.0949. The molecule has 2 heterocycles. The Morgan fingerprint density at radius 2 is 2.22 bits per heavy atom. The molecule has 3 N–H and O–H groups in total. The first-order valence-electron chi connectivity index (χ1n) is 5.25. The number of thiophene rings is 1. The quantitative estimate of drug-likeness (QED) is 0.575. The number of hydrogen-bond acceptors (Lipinski definition) is 4. The molecule has 0 atom stereocenters. The summed E-state index contributed by atoms with van der Waals surface area (Å²) in [7, 11) is 0. The molecular formula is C11H12N4O2S. The zero-order valence-corrected chi connectivity index (χ0v) is 10.7. The van der Waals surface area contributed by atoms with E-state index < -0.39 is 5.91 Å². The number of hydrogen-bond donors (Lipinski definition) is 3. The maximum Gasteiger partial charge on any atom is 0.289 e. The van der Waals surface area contributed by atoms with Crippen molar-refractivity contribution in [2.45, 2.75) is 13.8 Å². The summed E-state index contributed by atoms with van der Waals surface area (Å²) in [5.74, 6) is -0.443. The van der Waals surface area contributed by atoms with Gasteiger partial charge in [0.25, 0.3) is 11.5 Å². The van der Waals surface area contributed by atoms with E-state index in [9.17, 15) is 9.59 Å². The topological polar surface area (TPSA) is 90.1 Å². The summed E-state index contributed by atoms with van der Waals surface area (Å²) >= 11 is 1.54. The van der Waals surface area contributed by atoms with Crippen molar-refractivity contribution < 1.29 is 4.79 Å². The van der Waals surface area contributed by atoms with Gasteiger partial charge in [-0.05, 0) is 25.3 Å². The Hall–Kier alpha value is -2.15. The average Bonchev–Trinajstić information content (AvgIpc) is 2.98. The van der Waals surface area contributed by atoms with Gasteiger partial charge in [0.2, 0.25) is 0 Å². The third-order valence-corrected chi connectivity index (χ3v) is 3.43. The first-order chi connectivity index (χ1) is 8.59. The molecule has 0 fully saturated rings. The lowest BCUT2D eigenvalue weighted by Crippen LogP contribution is -2.21. The van der Waals surface area contributed by atoms with Crippen LogP contribution in [0.15, 0.2) is 27.4 Å². The SMILES string of the molecule is C/C(=N\NC(=O)c1[nH][nH]c(=O)c1C)c1cccs1. The van der Waals surface area contributed by atoms with Crippen LogP contribution in [0, 0.1) is 6.92 Å². The molecular weight excluding hydrogens is 252 g/mol. The van der Waals surface area contributed by atoms with Gasteiger partial charge in [-0.25, -0.2) is 5.43 Å². The number of aromatic nitrogens is 2. The molecule has 0 spiro atoms. The number of carbonyl (C=O) groups is 1. The number of rotatable bonds is 3. The van der Waals surface area contributed by atoms with Crippen molar-refractivity contribution in [3.8, 4) is 0 Å². The van der Waals surface area contributed by atoms with Crippen LogP contribution in [-0.4, -0.2) is 21.8 Å². The van der Waals surface area contributed by atoms with Crippen molar-refractivity contribution in [2.75, 3.05) is 0 Å². The second-order valence-corrected chi connectivity index (χ2v) is 4.64. The molecule has 0 radical (unpaired) electrons. The van der Waals surface area contributed by atoms with Gasteiger partial charge in [-0.15, -0.1) is 11.3 Å². The minimum atomic E-state index is -0.443. The lowest BCUT2D eigenvalue weighted by Gasteiger charge is -1.99. The van der Waals surface area contributed by atoms with Gasteiger partial charge in [0.15, 0.2) is 0 Å². The van der Waals surface area contributed by atoms with Gasteiger partial charge in [-0.3, -0.25) is 19.8 Å². The molecule has 2 aromatic heterocycles. The summed E-state index contributed by atoms with van der Waals surface area (Å²) in [5.41, 5.74) is 3.36. The van der Waals surface area contributed by atoms with Crippen molar-refractivity contribution >= 4 is 23.0 Å². The molecule has 0 aliphatic carbocycles. The smallest absolute Gasteiger partial charge is 0.289 e. The number of hydrazone groups is 1. The van der Waals surface area contributed by atoms with Crippen LogP contribution >= 0.6 is 11.3 Å². The molecule has 0 aliphatic rings. The van der Waals surface area contributed by atoms with Gasteiger partial charge in [-0.2, -0.15) is 5.10 Å². The number of carbonyl (C=O) groups excluding carboxylic acids is 1. The summed E-state index contributed by atoms with van der Waals surface area (Å²) in [6, 6.07) is 3.83. The highest BCUT2D eigenvalue weighted by atomic mass is 32.1. The normalized spacial score (nSPS) is 11.6. The minimum Gasteiger partial charge on any atom is -0.293 e. The summed E-state index contributed by atoms with van der Waals surface area (Å²) in [5, 5.41) is 10.8. The number of nitrogens with zero attached hydrogens (tertiary/aromatic N) is 1. The maximum atomic E-state index is 11.7. The monoisotopic (exact) mass is 264 g/mol. The molecule has 0 bridgehead atoms. The van der Waals surface area contributed by atoms with E-state index in [1.54, 1.807) is 13.8 Å². The Labute approximate surface area is 107 Å². The van der Waals surface area contributed by atoms with Crippen LogP contribution in [0.1, 0.15) is 27.9 Å². The van der Waals surface area contributed by atoms with Gasteiger partial charge in [0.1, 0.15) is 5.69 Å². The van der Waals surface area contributed by atoms with Crippen LogP contribution in [0.4, 0.5) is 0 Å². The fourth-order valence-electron chi connectivity index (χ4n) is 1.38. The number of nitrogens with one attached hydrogen (secondary N) is 3. The van der Waals surface area contributed by atoms with Crippen molar-refractivity contribution in [1.29, 1.82) is 0 Å². The highest BCUT2D eigenvalue weighted by molar-refractivity contribution is 7.12. The largest absolute Gasteiger partial charge is 0.293 e. The highest BCUT2D eigenvalue weighted by Gasteiger charge is 2.12. The van der Waals surface area contributed by atoms with Gasteiger partial charge in [0, 0.05) is 10.4 Å². The second-order valence-electron chi connectivity index (χ2n) is 3.69. The Bertz CT molecular complexity index is 636. The molecule has 1 amide bonds. The van der Waals surface area contributed by atoms with Crippen LogP contribution in [-0.2, 0) is 0 Å². The molecule has 6 nitrogen and oxygen atoms in total. The summed E-state index contributed by atoms with van der Waals surface area (Å²) < 4.78 is 0.